The smallest absolute Gasteiger partial charge is 0.337 e. The van der Waals surface area contributed by atoms with E-state index in [2.05, 4.69) is 36.2 Å². The Labute approximate surface area is 159 Å². The van der Waals surface area contributed by atoms with Crippen LogP contribution in [0, 0.1) is 0 Å². The van der Waals surface area contributed by atoms with Gasteiger partial charge in [-0.15, -0.1) is 12.4 Å². The Hall–Kier alpha value is -2.56. The largest absolute Gasteiger partial charge is 0.465 e. The van der Waals surface area contributed by atoms with Crippen molar-refractivity contribution in [3.05, 3.63) is 77.6 Å². The third kappa shape index (κ3) is 4.75. The Morgan fingerprint density at radius 1 is 1.15 bits per heavy atom. The van der Waals surface area contributed by atoms with Gasteiger partial charge < -0.3 is 9.15 Å². The summed E-state index contributed by atoms with van der Waals surface area (Å²) in [5, 5.41) is 1.13. The normalized spacial score (nSPS) is 11.0. The van der Waals surface area contributed by atoms with Gasteiger partial charge >= 0.3 is 5.97 Å². The first-order chi connectivity index (χ1) is 12.2. The summed E-state index contributed by atoms with van der Waals surface area (Å²) in [5.74, 6) is -0.317. The molecule has 0 radical (unpaired) electrons. The van der Waals surface area contributed by atoms with Gasteiger partial charge in [-0.2, -0.15) is 0 Å². The first kappa shape index (κ1) is 19.8. The molecule has 0 bridgehead atoms. The molecule has 0 N–H and O–H groups in total. The van der Waals surface area contributed by atoms with E-state index in [9.17, 15) is 4.79 Å². The maximum Gasteiger partial charge on any atom is 0.337 e. The Kier molecular flexibility index (Phi) is 7.01. The minimum atomic E-state index is -0.317. The number of para-hydroxylation sites is 1. The second-order valence-electron chi connectivity index (χ2n) is 5.97. The van der Waals surface area contributed by atoms with Gasteiger partial charge in [0, 0.05) is 24.0 Å². The predicted octanol–water partition coefficient (Wildman–Crippen LogP) is 4.79. The number of furan rings is 1. The molecule has 136 valence electrons. The van der Waals surface area contributed by atoms with Crippen molar-refractivity contribution in [2.45, 2.75) is 6.54 Å². The highest BCUT2D eigenvalue weighted by molar-refractivity contribution is 5.89. The van der Waals surface area contributed by atoms with Crippen LogP contribution in [0.1, 0.15) is 21.5 Å². The van der Waals surface area contributed by atoms with E-state index in [1.54, 1.807) is 18.4 Å². The van der Waals surface area contributed by atoms with E-state index in [0.29, 0.717) is 5.56 Å². The third-order valence-electron chi connectivity index (χ3n) is 4.06. The number of fused-ring (bicyclic) bond motifs is 1. The van der Waals surface area contributed by atoms with Crippen LogP contribution in [0.15, 0.2) is 65.3 Å². The fourth-order valence-corrected chi connectivity index (χ4v) is 2.75. The number of benzene rings is 2. The average molecular weight is 372 g/mol. The molecule has 0 aliphatic heterocycles. The summed E-state index contributed by atoms with van der Waals surface area (Å²) in [7, 11) is 3.46. The number of rotatable bonds is 6. The molecule has 0 amide bonds. The van der Waals surface area contributed by atoms with Gasteiger partial charge in [-0.25, -0.2) is 4.79 Å². The zero-order valence-corrected chi connectivity index (χ0v) is 15.7. The van der Waals surface area contributed by atoms with Crippen LogP contribution in [0.2, 0.25) is 0 Å². The van der Waals surface area contributed by atoms with Crippen molar-refractivity contribution in [2.75, 3.05) is 20.7 Å². The molecule has 0 saturated heterocycles. The lowest BCUT2D eigenvalue weighted by molar-refractivity contribution is 0.0600. The molecule has 0 fully saturated rings. The molecule has 0 unspecified atom stereocenters. The van der Waals surface area contributed by atoms with Crippen LogP contribution in [-0.4, -0.2) is 31.6 Å². The number of hydrogen-bond acceptors (Lipinski definition) is 4. The molecule has 4 nitrogen and oxygen atoms in total. The average Bonchev–Trinajstić information content (AvgIpc) is 3.11. The first-order valence-electron chi connectivity index (χ1n) is 8.16. The monoisotopic (exact) mass is 371 g/mol. The van der Waals surface area contributed by atoms with E-state index in [0.717, 1.165) is 29.6 Å². The highest BCUT2D eigenvalue weighted by atomic mass is 35.5. The maximum atomic E-state index is 11.4. The molecule has 3 rings (SSSR count). The molecule has 3 aromatic rings. The Bertz CT molecular complexity index is 884. The number of ether oxygens (including phenoxy) is 1. The molecule has 0 spiro atoms. The van der Waals surface area contributed by atoms with Gasteiger partial charge in [0.15, 0.2) is 0 Å². The number of methoxy groups -OCH3 is 1. The molecule has 2 aromatic carbocycles. The van der Waals surface area contributed by atoms with Crippen LogP contribution in [0.4, 0.5) is 0 Å². The van der Waals surface area contributed by atoms with Gasteiger partial charge in [-0.1, -0.05) is 42.5 Å². The fraction of sp³-hybridized carbons (Fsp3) is 0.190. The van der Waals surface area contributed by atoms with Gasteiger partial charge in [-0.3, -0.25) is 4.90 Å². The number of likely N-dealkylation sites (N-methyl/N-ethyl adjacent to an activating group) is 1. The lowest BCUT2D eigenvalue weighted by Crippen LogP contribution is -2.17. The van der Waals surface area contributed by atoms with Crippen molar-refractivity contribution in [1.82, 2.24) is 4.90 Å². The van der Waals surface area contributed by atoms with Gasteiger partial charge in [0.2, 0.25) is 0 Å². The van der Waals surface area contributed by atoms with E-state index in [1.165, 1.54) is 12.7 Å². The molecule has 26 heavy (non-hydrogen) atoms. The standard InChI is InChI=1S/C21H21NO3.ClH/c1-22(15-19-7-3-6-17-12-14-25-20(17)19)13-4-5-16-8-10-18(11-9-16)21(23)24-2;/h3-12,14H,13,15H2,1-2H3;1H/b5-4+;. The molecule has 0 aliphatic carbocycles. The Morgan fingerprint density at radius 2 is 1.92 bits per heavy atom. The summed E-state index contributed by atoms with van der Waals surface area (Å²) in [6.07, 6.45) is 5.88. The van der Waals surface area contributed by atoms with Crippen LogP contribution < -0.4 is 0 Å². The second-order valence-corrected chi connectivity index (χ2v) is 5.97. The van der Waals surface area contributed by atoms with Crippen LogP contribution >= 0.6 is 12.4 Å². The summed E-state index contributed by atoms with van der Waals surface area (Å²) in [4.78, 5) is 13.6. The number of carbonyl (C=O) groups excluding carboxylic acids is 1. The topological polar surface area (TPSA) is 42.7 Å². The van der Waals surface area contributed by atoms with Crippen LogP contribution in [0.3, 0.4) is 0 Å². The summed E-state index contributed by atoms with van der Waals surface area (Å²) < 4.78 is 10.3. The Morgan fingerprint density at radius 3 is 2.65 bits per heavy atom. The summed E-state index contributed by atoms with van der Waals surface area (Å²) >= 11 is 0. The van der Waals surface area contributed by atoms with Crippen molar-refractivity contribution >= 4 is 35.4 Å². The van der Waals surface area contributed by atoms with Crippen molar-refractivity contribution in [3.8, 4) is 0 Å². The van der Waals surface area contributed by atoms with E-state index in [1.807, 2.05) is 24.3 Å². The van der Waals surface area contributed by atoms with Crippen molar-refractivity contribution < 1.29 is 13.9 Å². The van der Waals surface area contributed by atoms with Gasteiger partial charge in [0.25, 0.3) is 0 Å². The molecule has 0 atom stereocenters. The lowest BCUT2D eigenvalue weighted by atomic mass is 10.1. The maximum absolute atomic E-state index is 11.4. The lowest BCUT2D eigenvalue weighted by Gasteiger charge is -2.14. The van der Waals surface area contributed by atoms with Gasteiger partial charge in [-0.05, 0) is 30.8 Å². The molecule has 1 heterocycles. The first-order valence-corrected chi connectivity index (χ1v) is 8.16. The zero-order valence-electron chi connectivity index (χ0n) is 14.8. The van der Waals surface area contributed by atoms with Crippen LogP contribution in [0.25, 0.3) is 17.0 Å². The zero-order chi connectivity index (χ0) is 17.6. The van der Waals surface area contributed by atoms with Crippen molar-refractivity contribution in [2.24, 2.45) is 0 Å². The SMILES string of the molecule is COC(=O)c1ccc(/C=C/CN(C)Cc2cccc3ccoc23)cc1.Cl. The number of hydrogen-bond donors (Lipinski definition) is 0. The Balaban J connectivity index is 0.00000243. The quantitative estimate of drug-likeness (QED) is 0.584. The predicted molar refractivity (Wildman–Crippen MR) is 107 cm³/mol. The summed E-state index contributed by atoms with van der Waals surface area (Å²) in [6.45, 7) is 1.63. The number of esters is 1. The number of carbonyl (C=O) groups is 1. The number of halogens is 1. The molecular formula is C21H22ClNO3. The van der Waals surface area contributed by atoms with E-state index in [4.69, 9.17) is 9.15 Å². The molecule has 0 saturated carbocycles. The molecular weight excluding hydrogens is 350 g/mol. The molecule has 5 heteroatoms. The summed E-state index contributed by atoms with van der Waals surface area (Å²) in [6, 6.07) is 15.5. The van der Waals surface area contributed by atoms with Gasteiger partial charge in [0.1, 0.15) is 5.58 Å². The highest BCUT2D eigenvalue weighted by Crippen LogP contribution is 2.20. The van der Waals surface area contributed by atoms with E-state index >= 15 is 0 Å². The van der Waals surface area contributed by atoms with Gasteiger partial charge in [0.05, 0.1) is 18.9 Å². The summed E-state index contributed by atoms with van der Waals surface area (Å²) in [5.41, 5.74) is 3.75. The van der Waals surface area contributed by atoms with E-state index in [-0.39, 0.29) is 18.4 Å². The molecule has 0 aliphatic rings. The minimum absolute atomic E-state index is 0. The second kappa shape index (κ2) is 9.22. The van der Waals surface area contributed by atoms with Crippen molar-refractivity contribution in [1.29, 1.82) is 0 Å². The number of nitrogens with zero attached hydrogens (tertiary/aromatic N) is 1. The fourth-order valence-electron chi connectivity index (χ4n) is 2.75. The van der Waals surface area contributed by atoms with Crippen LogP contribution in [0.5, 0.6) is 0 Å². The minimum Gasteiger partial charge on any atom is -0.465 e. The third-order valence-corrected chi connectivity index (χ3v) is 4.06. The van der Waals surface area contributed by atoms with Crippen LogP contribution in [-0.2, 0) is 11.3 Å². The van der Waals surface area contributed by atoms with E-state index < -0.39 is 0 Å². The molecule has 1 aromatic heterocycles. The van der Waals surface area contributed by atoms with Crippen molar-refractivity contribution in [3.63, 3.8) is 0 Å². The highest BCUT2D eigenvalue weighted by Gasteiger charge is 2.06.